The van der Waals surface area contributed by atoms with Gasteiger partial charge in [0.05, 0.1) is 11.9 Å². The van der Waals surface area contributed by atoms with Crippen LogP contribution in [0.1, 0.15) is 30.9 Å². The molecule has 1 aromatic carbocycles. The van der Waals surface area contributed by atoms with Gasteiger partial charge in [0.15, 0.2) is 0 Å². The van der Waals surface area contributed by atoms with Crippen LogP contribution in [0, 0.1) is 0 Å². The summed E-state index contributed by atoms with van der Waals surface area (Å²) in [6.45, 7) is 3.75. The zero-order valence-corrected chi connectivity index (χ0v) is 13.9. The average molecular weight is 332 g/mol. The number of sulfonamides is 1. The monoisotopic (exact) mass is 331 g/mol. The number of hydrogen-bond donors (Lipinski definition) is 0. The molecule has 0 aromatic heterocycles. The first-order valence-corrected chi connectivity index (χ1v) is 9.42. The molecule has 0 aliphatic carbocycles. The highest BCUT2D eigenvalue weighted by atomic mass is 35.5. The fourth-order valence-corrected chi connectivity index (χ4v) is 4.28. The highest BCUT2D eigenvalue weighted by Gasteiger charge is 2.28. The number of nitrogens with zero attached hydrogens (tertiary/aromatic N) is 1. The van der Waals surface area contributed by atoms with Gasteiger partial charge in [0.1, 0.15) is 0 Å². The van der Waals surface area contributed by atoms with E-state index in [0.29, 0.717) is 25.6 Å². The summed E-state index contributed by atoms with van der Waals surface area (Å²) in [5, 5.41) is 0. The molecule has 21 heavy (non-hydrogen) atoms. The van der Waals surface area contributed by atoms with Crippen molar-refractivity contribution in [3.63, 3.8) is 0 Å². The largest absolute Gasteiger partial charge is 0.378 e. The molecule has 1 fully saturated rings. The topological polar surface area (TPSA) is 46.6 Å². The van der Waals surface area contributed by atoms with Gasteiger partial charge in [-0.25, -0.2) is 12.7 Å². The van der Waals surface area contributed by atoms with Gasteiger partial charge in [0.2, 0.25) is 10.0 Å². The van der Waals surface area contributed by atoms with Crippen molar-refractivity contribution in [2.45, 2.75) is 37.5 Å². The third-order valence-corrected chi connectivity index (χ3v) is 5.88. The maximum Gasteiger partial charge on any atom is 0.218 e. The van der Waals surface area contributed by atoms with E-state index in [1.807, 2.05) is 31.2 Å². The molecule has 0 unspecified atom stereocenters. The van der Waals surface area contributed by atoms with Gasteiger partial charge >= 0.3 is 0 Å². The molecular weight excluding hydrogens is 310 g/mol. The lowest BCUT2D eigenvalue weighted by Crippen LogP contribution is -2.41. The Morgan fingerprint density at radius 1 is 1.19 bits per heavy atom. The first-order chi connectivity index (χ1) is 10.0. The number of rotatable bonds is 6. The Morgan fingerprint density at radius 2 is 1.76 bits per heavy atom. The quantitative estimate of drug-likeness (QED) is 0.753. The summed E-state index contributed by atoms with van der Waals surface area (Å²) in [7, 11) is -3.25. The molecule has 0 bridgehead atoms. The van der Waals surface area contributed by atoms with Crippen LogP contribution in [-0.4, -0.2) is 38.5 Å². The van der Waals surface area contributed by atoms with Crippen LogP contribution in [0.15, 0.2) is 24.3 Å². The molecule has 1 saturated heterocycles. The van der Waals surface area contributed by atoms with Gasteiger partial charge in [-0.3, -0.25) is 0 Å². The Morgan fingerprint density at radius 3 is 2.29 bits per heavy atom. The van der Waals surface area contributed by atoms with Gasteiger partial charge in [-0.2, -0.15) is 0 Å². The highest BCUT2D eigenvalue weighted by molar-refractivity contribution is 7.88. The van der Waals surface area contributed by atoms with Gasteiger partial charge in [-0.1, -0.05) is 24.3 Å². The summed E-state index contributed by atoms with van der Waals surface area (Å²) in [5.41, 5.74) is 1.80. The Labute approximate surface area is 132 Å². The molecule has 0 amide bonds. The fraction of sp³-hybridized carbons (Fsp3) is 0.600. The minimum Gasteiger partial charge on any atom is -0.378 e. The molecule has 0 N–H and O–H groups in total. The second-order valence-electron chi connectivity index (χ2n) is 5.26. The van der Waals surface area contributed by atoms with E-state index in [9.17, 15) is 8.42 Å². The van der Waals surface area contributed by atoms with Crippen molar-refractivity contribution in [2.75, 3.05) is 19.7 Å². The third-order valence-electron chi connectivity index (χ3n) is 3.72. The van der Waals surface area contributed by atoms with Crippen LogP contribution in [0.25, 0.3) is 0 Å². The fourth-order valence-electron chi connectivity index (χ4n) is 2.54. The van der Waals surface area contributed by atoms with Crippen LogP contribution in [-0.2, 0) is 26.4 Å². The van der Waals surface area contributed by atoms with Crippen molar-refractivity contribution in [3.8, 4) is 0 Å². The van der Waals surface area contributed by atoms with Crippen molar-refractivity contribution >= 4 is 21.6 Å². The molecule has 0 saturated carbocycles. The van der Waals surface area contributed by atoms with E-state index < -0.39 is 10.0 Å². The molecule has 6 heteroatoms. The first-order valence-electron chi connectivity index (χ1n) is 7.28. The van der Waals surface area contributed by atoms with Crippen LogP contribution in [0.5, 0.6) is 0 Å². The predicted octanol–water partition coefficient (Wildman–Crippen LogP) is 2.76. The molecule has 1 aromatic rings. The zero-order valence-electron chi connectivity index (χ0n) is 12.3. The Bertz CT molecular complexity index is 537. The predicted molar refractivity (Wildman–Crippen MR) is 84.8 cm³/mol. The summed E-state index contributed by atoms with van der Waals surface area (Å²) in [6, 6.07) is 7.42. The maximum absolute atomic E-state index is 12.4. The van der Waals surface area contributed by atoms with Crippen LogP contribution in [0.3, 0.4) is 0 Å². The van der Waals surface area contributed by atoms with E-state index in [1.165, 1.54) is 0 Å². The molecule has 0 atom stereocenters. The molecule has 0 radical (unpaired) electrons. The van der Waals surface area contributed by atoms with Crippen molar-refractivity contribution in [1.29, 1.82) is 0 Å². The second kappa shape index (κ2) is 7.58. The standard InChI is InChI=1S/C15H22ClNO3S/c1-2-20-15-7-9-17(10-8-15)21(18,19)12-14-5-3-13(11-16)4-6-14/h3-6,15H,2,7-12H2,1H3. The lowest BCUT2D eigenvalue weighted by atomic mass is 10.1. The molecule has 0 spiro atoms. The van der Waals surface area contributed by atoms with Crippen molar-refractivity contribution in [2.24, 2.45) is 0 Å². The van der Waals surface area contributed by atoms with Gasteiger partial charge in [0, 0.05) is 25.6 Å². The molecule has 2 rings (SSSR count). The SMILES string of the molecule is CCOC1CCN(S(=O)(=O)Cc2ccc(CCl)cc2)CC1. The van der Waals surface area contributed by atoms with E-state index in [1.54, 1.807) is 4.31 Å². The summed E-state index contributed by atoms with van der Waals surface area (Å²) < 4.78 is 32.0. The Hall–Kier alpha value is -0.620. The average Bonchev–Trinajstić information content (AvgIpc) is 2.48. The molecule has 118 valence electrons. The minimum absolute atomic E-state index is 0.0505. The highest BCUT2D eigenvalue weighted by Crippen LogP contribution is 2.19. The molecular formula is C15H22ClNO3S. The zero-order chi connectivity index (χ0) is 15.3. The number of ether oxygens (including phenoxy) is 1. The maximum atomic E-state index is 12.4. The molecule has 1 aliphatic rings. The minimum atomic E-state index is -3.25. The lowest BCUT2D eigenvalue weighted by Gasteiger charge is -2.31. The van der Waals surface area contributed by atoms with Gasteiger partial charge in [0.25, 0.3) is 0 Å². The van der Waals surface area contributed by atoms with Gasteiger partial charge in [-0.05, 0) is 30.9 Å². The van der Waals surface area contributed by atoms with E-state index in [0.717, 1.165) is 24.0 Å². The Kier molecular flexibility index (Phi) is 6.05. The van der Waals surface area contributed by atoms with Crippen molar-refractivity contribution in [1.82, 2.24) is 4.31 Å². The van der Waals surface area contributed by atoms with E-state index >= 15 is 0 Å². The normalized spacial score (nSPS) is 18.0. The molecule has 4 nitrogen and oxygen atoms in total. The van der Waals surface area contributed by atoms with Gasteiger partial charge in [-0.15, -0.1) is 11.6 Å². The Balaban J connectivity index is 1.95. The summed E-state index contributed by atoms with van der Waals surface area (Å²) >= 11 is 5.74. The summed E-state index contributed by atoms with van der Waals surface area (Å²) in [4.78, 5) is 0. The van der Waals surface area contributed by atoms with Crippen LogP contribution < -0.4 is 0 Å². The number of alkyl halides is 1. The lowest BCUT2D eigenvalue weighted by molar-refractivity contribution is 0.0290. The first kappa shape index (κ1) is 16.7. The van der Waals surface area contributed by atoms with Crippen LogP contribution in [0.2, 0.25) is 0 Å². The van der Waals surface area contributed by atoms with Crippen LogP contribution in [0.4, 0.5) is 0 Å². The van der Waals surface area contributed by atoms with E-state index in [2.05, 4.69) is 0 Å². The summed E-state index contributed by atoms with van der Waals surface area (Å²) in [6.07, 6.45) is 1.75. The van der Waals surface area contributed by atoms with Crippen molar-refractivity contribution < 1.29 is 13.2 Å². The van der Waals surface area contributed by atoms with Crippen LogP contribution >= 0.6 is 11.6 Å². The third kappa shape index (κ3) is 4.68. The van der Waals surface area contributed by atoms with E-state index in [-0.39, 0.29) is 11.9 Å². The summed E-state index contributed by atoms with van der Waals surface area (Å²) in [5.74, 6) is 0.493. The second-order valence-corrected chi connectivity index (χ2v) is 7.50. The molecule has 1 heterocycles. The smallest absolute Gasteiger partial charge is 0.218 e. The van der Waals surface area contributed by atoms with Crippen molar-refractivity contribution in [3.05, 3.63) is 35.4 Å². The van der Waals surface area contributed by atoms with Gasteiger partial charge < -0.3 is 4.74 Å². The number of halogens is 1. The number of benzene rings is 1. The van der Waals surface area contributed by atoms with E-state index in [4.69, 9.17) is 16.3 Å². The number of hydrogen-bond acceptors (Lipinski definition) is 3. The molecule has 1 aliphatic heterocycles. The number of piperidine rings is 1.